The molecular formula is C26H40N6O7S. The van der Waals surface area contributed by atoms with Gasteiger partial charge in [-0.25, -0.2) is 23.0 Å². The summed E-state index contributed by atoms with van der Waals surface area (Å²) in [6, 6.07) is 2.50. The van der Waals surface area contributed by atoms with Gasteiger partial charge in [-0.05, 0) is 42.7 Å². The lowest BCUT2D eigenvalue weighted by Gasteiger charge is -2.34. The van der Waals surface area contributed by atoms with E-state index in [1.54, 1.807) is 12.1 Å². The first-order valence-electron chi connectivity index (χ1n) is 13.4. The number of carbonyl (C=O) groups excluding carboxylic acids is 3. The van der Waals surface area contributed by atoms with Gasteiger partial charge in [-0.15, -0.1) is 0 Å². The van der Waals surface area contributed by atoms with Crippen LogP contribution >= 0.6 is 0 Å². The Labute approximate surface area is 235 Å². The van der Waals surface area contributed by atoms with Crippen molar-refractivity contribution in [1.29, 1.82) is 0 Å². The highest BCUT2D eigenvalue weighted by Gasteiger charge is 2.61. The molecule has 1 aliphatic heterocycles. The minimum absolute atomic E-state index is 0.0395. The Morgan fingerprint density at radius 1 is 1.25 bits per heavy atom. The lowest BCUT2D eigenvalue weighted by molar-refractivity contribution is -0.145. The van der Waals surface area contributed by atoms with Gasteiger partial charge in [0.2, 0.25) is 11.8 Å². The standard InChI is InChI=1S/C26H40N6O7S/c1-6-17-14-26(17,23(35)36)30-22(34)18-10-9-13-32(18)21(33)15-28-24(37)29-19(25(2,3)4)16-31(5)40(38,39)20-11-7-8-12-27-20/h7-8,11-12,17-19H,6,9-10,13-16H2,1-5H3,(H,30,34)(H,35,36)(H2,28,29,37)/t17?,18-,19?,26+/m0/s1. The van der Waals surface area contributed by atoms with E-state index in [1.165, 1.54) is 24.2 Å². The van der Waals surface area contributed by atoms with Crippen LogP contribution in [-0.2, 0) is 24.4 Å². The summed E-state index contributed by atoms with van der Waals surface area (Å²) >= 11 is 0. The van der Waals surface area contributed by atoms with Crippen LogP contribution in [0.5, 0.6) is 0 Å². The maximum absolute atomic E-state index is 12.9. The minimum Gasteiger partial charge on any atom is -0.479 e. The molecule has 1 aliphatic carbocycles. The smallest absolute Gasteiger partial charge is 0.329 e. The number of carbonyl (C=O) groups is 4. The van der Waals surface area contributed by atoms with Crippen molar-refractivity contribution in [3.63, 3.8) is 0 Å². The van der Waals surface area contributed by atoms with Gasteiger partial charge in [0.05, 0.1) is 6.54 Å². The number of nitrogens with zero attached hydrogens (tertiary/aromatic N) is 3. The first-order chi connectivity index (χ1) is 18.6. The molecule has 0 bridgehead atoms. The van der Waals surface area contributed by atoms with Crippen LogP contribution in [0.25, 0.3) is 0 Å². The summed E-state index contributed by atoms with van der Waals surface area (Å²) < 4.78 is 26.9. The van der Waals surface area contributed by atoms with Gasteiger partial charge in [0.25, 0.3) is 10.0 Å². The number of pyridine rings is 1. The number of rotatable bonds is 11. The van der Waals surface area contributed by atoms with Crippen molar-refractivity contribution in [2.45, 2.75) is 76.0 Å². The second kappa shape index (κ2) is 12.1. The van der Waals surface area contributed by atoms with E-state index < -0.39 is 56.9 Å². The van der Waals surface area contributed by atoms with Crippen molar-refractivity contribution in [2.75, 3.05) is 26.7 Å². The first-order valence-corrected chi connectivity index (χ1v) is 14.8. The Kier molecular flexibility index (Phi) is 9.45. The Morgan fingerprint density at radius 2 is 1.95 bits per heavy atom. The summed E-state index contributed by atoms with van der Waals surface area (Å²) in [7, 11) is -2.48. The lowest BCUT2D eigenvalue weighted by atomic mass is 9.87. The number of likely N-dealkylation sites (tertiary alicyclic amines) is 1. The third kappa shape index (κ3) is 6.89. The van der Waals surface area contributed by atoms with E-state index in [0.717, 1.165) is 4.31 Å². The van der Waals surface area contributed by atoms with Gasteiger partial charge in [-0.3, -0.25) is 9.59 Å². The van der Waals surface area contributed by atoms with E-state index in [1.807, 2.05) is 27.7 Å². The molecule has 13 nitrogen and oxygen atoms in total. The number of sulfonamides is 1. The molecule has 4 atom stereocenters. The Balaban J connectivity index is 1.57. The van der Waals surface area contributed by atoms with Crippen LogP contribution in [0.2, 0.25) is 0 Å². The van der Waals surface area contributed by atoms with Crippen LogP contribution in [0.4, 0.5) is 4.79 Å². The predicted octanol–water partition coefficient (Wildman–Crippen LogP) is 0.777. The number of aromatic nitrogens is 1. The van der Waals surface area contributed by atoms with Crippen LogP contribution in [0.1, 0.15) is 53.4 Å². The molecule has 40 heavy (non-hydrogen) atoms. The number of aliphatic carboxylic acids is 1. The SMILES string of the molecule is CCC1C[C@]1(NC(=O)[C@@H]1CCCN1C(=O)CNC(=O)NC(CN(C)S(=O)(=O)c1ccccn1)C(C)(C)C)C(=O)O. The van der Waals surface area contributed by atoms with Gasteiger partial charge in [0, 0.05) is 32.4 Å². The van der Waals surface area contributed by atoms with Crippen LogP contribution in [0, 0.1) is 11.3 Å². The Hall–Kier alpha value is -3.26. The molecule has 2 unspecified atom stereocenters. The molecule has 4 amide bonds. The van der Waals surface area contributed by atoms with Crippen molar-refractivity contribution < 1.29 is 32.7 Å². The molecule has 2 fully saturated rings. The van der Waals surface area contributed by atoms with E-state index in [-0.39, 0.29) is 24.0 Å². The molecule has 0 radical (unpaired) electrons. The third-order valence-electron chi connectivity index (χ3n) is 7.70. The minimum atomic E-state index is -3.89. The zero-order valence-electron chi connectivity index (χ0n) is 23.6. The predicted molar refractivity (Wildman–Crippen MR) is 145 cm³/mol. The fraction of sp³-hybridized carbons (Fsp3) is 0.654. The molecule has 1 saturated heterocycles. The zero-order valence-corrected chi connectivity index (χ0v) is 24.5. The van der Waals surface area contributed by atoms with E-state index in [4.69, 9.17) is 0 Å². The quantitative estimate of drug-likeness (QED) is 0.297. The van der Waals surface area contributed by atoms with E-state index >= 15 is 0 Å². The number of urea groups is 1. The molecule has 1 aromatic rings. The number of likely N-dealkylation sites (N-methyl/N-ethyl adjacent to an activating group) is 1. The van der Waals surface area contributed by atoms with Crippen molar-refractivity contribution >= 4 is 33.8 Å². The summed E-state index contributed by atoms with van der Waals surface area (Å²) in [5.41, 5.74) is -1.81. The molecule has 0 aromatic carbocycles. The maximum Gasteiger partial charge on any atom is 0.329 e. The van der Waals surface area contributed by atoms with Crippen LogP contribution in [-0.4, -0.2) is 95.8 Å². The second-order valence-corrected chi connectivity index (χ2v) is 13.5. The molecule has 2 aliphatic rings. The lowest BCUT2D eigenvalue weighted by Crippen LogP contribution is -2.56. The molecule has 3 rings (SSSR count). The van der Waals surface area contributed by atoms with Gasteiger partial charge >= 0.3 is 12.0 Å². The molecular weight excluding hydrogens is 540 g/mol. The molecule has 222 valence electrons. The van der Waals surface area contributed by atoms with Gasteiger partial charge in [-0.1, -0.05) is 40.2 Å². The fourth-order valence-corrected chi connectivity index (χ4v) is 6.06. The summed E-state index contributed by atoms with van der Waals surface area (Å²) in [6.07, 6.45) is 3.35. The van der Waals surface area contributed by atoms with Gasteiger partial charge < -0.3 is 26.0 Å². The average molecular weight is 581 g/mol. The zero-order chi connectivity index (χ0) is 29.9. The van der Waals surface area contributed by atoms with Crippen molar-refractivity contribution in [3.05, 3.63) is 24.4 Å². The summed E-state index contributed by atoms with van der Waals surface area (Å²) in [4.78, 5) is 55.7. The van der Waals surface area contributed by atoms with Gasteiger partial charge in [0.15, 0.2) is 5.03 Å². The number of amides is 4. The third-order valence-corrected chi connectivity index (χ3v) is 9.44. The summed E-state index contributed by atoms with van der Waals surface area (Å²) in [5.74, 6) is -2.19. The van der Waals surface area contributed by atoms with E-state index in [2.05, 4.69) is 20.9 Å². The first kappa shape index (κ1) is 31.3. The topological polar surface area (TPSA) is 178 Å². The van der Waals surface area contributed by atoms with Gasteiger partial charge in [-0.2, -0.15) is 4.31 Å². The number of carboxylic acid groups (broad SMARTS) is 1. The average Bonchev–Trinajstić information content (AvgIpc) is 3.38. The monoisotopic (exact) mass is 580 g/mol. The van der Waals surface area contributed by atoms with Crippen LogP contribution < -0.4 is 16.0 Å². The van der Waals surface area contributed by atoms with E-state index in [0.29, 0.717) is 32.2 Å². The van der Waals surface area contributed by atoms with Gasteiger partial charge in [0.1, 0.15) is 11.6 Å². The van der Waals surface area contributed by atoms with E-state index in [9.17, 15) is 32.7 Å². The molecule has 14 heteroatoms. The molecule has 4 N–H and O–H groups in total. The summed E-state index contributed by atoms with van der Waals surface area (Å²) in [5, 5.41) is 17.4. The number of nitrogens with one attached hydrogen (secondary N) is 3. The Morgan fingerprint density at radius 3 is 2.50 bits per heavy atom. The second-order valence-electron chi connectivity index (χ2n) is 11.5. The van der Waals surface area contributed by atoms with Crippen LogP contribution in [0.15, 0.2) is 29.4 Å². The molecule has 1 saturated carbocycles. The number of hydrogen-bond acceptors (Lipinski definition) is 7. The highest BCUT2D eigenvalue weighted by atomic mass is 32.2. The number of carboxylic acids is 1. The highest BCUT2D eigenvalue weighted by molar-refractivity contribution is 7.89. The molecule has 0 spiro atoms. The Bertz CT molecular complexity index is 1220. The van der Waals surface area contributed by atoms with Crippen molar-refractivity contribution in [2.24, 2.45) is 11.3 Å². The normalized spacial score (nSPS) is 23.4. The number of hydrogen-bond donors (Lipinski definition) is 4. The molecule has 1 aromatic heterocycles. The largest absolute Gasteiger partial charge is 0.479 e. The fourth-order valence-electron chi connectivity index (χ4n) is 4.95. The molecule has 2 heterocycles. The highest BCUT2D eigenvalue weighted by Crippen LogP contribution is 2.46. The van der Waals surface area contributed by atoms with Crippen LogP contribution in [0.3, 0.4) is 0 Å². The summed E-state index contributed by atoms with van der Waals surface area (Å²) in [6.45, 7) is 7.32. The maximum atomic E-state index is 12.9. The van der Waals surface area contributed by atoms with Crippen molar-refractivity contribution in [1.82, 2.24) is 30.1 Å². The van der Waals surface area contributed by atoms with Crippen molar-refractivity contribution in [3.8, 4) is 0 Å².